The molecule has 1 aromatic heterocycles. The van der Waals surface area contributed by atoms with Crippen LogP contribution >= 0.6 is 11.8 Å². The molecule has 5 heteroatoms. The predicted molar refractivity (Wildman–Crippen MR) is 122 cm³/mol. The molecule has 3 aromatic rings. The summed E-state index contributed by atoms with van der Waals surface area (Å²) >= 11 is 1.86. The average Bonchev–Trinajstić information content (AvgIpc) is 3.39. The highest BCUT2D eigenvalue weighted by molar-refractivity contribution is 7.99. The number of benzene rings is 2. The van der Waals surface area contributed by atoms with Crippen molar-refractivity contribution < 1.29 is 9.47 Å². The number of aryl methyl sites for hydroxylation is 4. The fourth-order valence-electron chi connectivity index (χ4n) is 3.79. The molecule has 2 unspecified atom stereocenters. The molecule has 0 aliphatic carbocycles. The van der Waals surface area contributed by atoms with Gasteiger partial charge in [0, 0.05) is 29.5 Å². The van der Waals surface area contributed by atoms with Gasteiger partial charge in [-0.1, -0.05) is 47.5 Å². The lowest BCUT2D eigenvalue weighted by molar-refractivity contribution is -0.180. The van der Waals surface area contributed by atoms with Crippen LogP contribution in [0.4, 0.5) is 0 Å². The lowest BCUT2D eigenvalue weighted by Crippen LogP contribution is -2.37. The number of hydrogen-bond donors (Lipinski definition) is 0. The van der Waals surface area contributed by atoms with Crippen LogP contribution < -0.4 is 0 Å². The first-order valence-corrected chi connectivity index (χ1v) is 11.5. The van der Waals surface area contributed by atoms with Crippen LogP contribution in [0.3, 0.4) is 0 Å². The van der Waals surface area contributed by atoms with Crippen LogP contribution in [0.2, 0.25) is 0 Å². The van der Waals surface area contributed by atoms with E-state index in [0.717, 1.165) is 18.6 Å². The SMILES string of the molecule is Cc1ccc(CCC2(Cn3ccnc3)OCC(CSc3cc(C)ccc3C)O2)cc1. The van der Waals surface area contributed by atoms with E-state index in [1.807, 2.05) is 24.3 Å². The summed E-state index contributed by atoms with van der Waals surface area (Å²) < 4.78 is 14.9. The molecule has 0 spiro atoms. The van der Waals surface area contributed by atoms with Crippen molar-refractivity contribution in [3.05, 3.63) is 83.4 Å². The van der Waals surface area contributed by atoms with Gasteiger partial charge in [0.25, 0.3) is 0 Å². The Morgan fingerprint density at radius 1 is 1.10 bits per heavy atom. The summed E-state index contributed by atoms with van der Waals surface area (Å²) in [5, 5.41) is 0. The van der Waals surface area contributed by atoms with E-state index in [4.69, 9.17) is 9.47 Å². The molecule has 0 saturated carbocycles. The second kappa shape index (κ2) is 9.38. The second-order valence-corrected chi connectivity index (χ2v) is 9.32. The molecule has 1 aliphatic heterocycles. The van der Waals surface area contributed by atoms with Gasteiger partial charge in [-0.3, -0.25) is 0 Å². The third-order valence-electron chi connectivity index (χ3n) is 5.58. The number of hydrogen-bond acceptors (Lipinski definition) is 4. The number of ether oxygens (including phenoxy) is 2. The van der Waals surface area contributed by atoms with Crippen molar-refractivity contribution in [2.75, 3.05) is 12.4 Å². The van der Waals surface area contributed by atoms with Gasteiger partial charge in [-0.2, -0.15) is 0 Å². The molecular weight excluding hydrogens is 392 g/mol. The Kier molecular flexibility index (Phi) is 6.61. The van der Waals surface area contributed by atoms with Crippen LogP contribution in [0.25, 0.3) is 0 Å². The standard InChI is InChI=1S/C25H30N2O2S/c1-19-5-8-22(9-6-19)10-11-25(17-27-13-12-26-18-27)28-15-23(29-25)16-30-24-14-20(2)4-7-21(24)3/h4-9,12-14,18,23H,10-11,15-17H2,1-3H3. The number of rotatable bonds is 8. The van der Waals surface area contributed by atoms with E-state index in [1.165, 1.54) is 27.1 Å². The topological polar surface area (TPSA) is 36.3 Å². The first kappa shape index (κ1) is 21.2. The largest absolute Gasteiger partial charge is 0.345 e. The lowest BCUT2D eigenvalue weighted by atomic mass is 10.0. The molecule has 4 rings (SSSR count). The maximum absolute atomic E-state index is 6.57. The first-order valence-electron chi connectivity index (χ1n) is 10.5. The normalized spacial score (nSPS) is 21.2. The highest BCUT2D eigenvalue weighted by Gasteiger charge is 2.41. The first-order chi connectivity index (χ1) is 14.5. The average molecular weight is 423 g/mol. The van der Waals surface area contributed by atoms with Gasteiger partial charge in [0.05, 0.1) is 25.6 Å². The number of aromatic nitrogens is 2. The highest BCUT2D eigenvalue weighted by Crippen LogP contribution is 2.34. The molecule has 4 nitrogen and oxygen atoms in total. The van der Waals surface area contributed by atoms with Crippen LogP contribution in [0.1, 0.15) is 28.7 Å². The molecular formula is C25H30N2O2S. The minimum Gasteiger partial charge on any atom is -0.345 e. The fourth-order valence-corrected chi connectivity index (χ4v) is 4.88. The quantitative estimate of drug-likeness (QED) is 0.459. The molecule has 0 amide bonds. The summed E-state index contributed by atoms with van der Waals surface area (Å²) in [6.45, 7) is 7.70. The molecule has 0 radical (unpaired) electrons. The third-order valence-corrected chi connectivity index (χ3v) is 6.87. The lowest BCUT2D eigenvalue weighted by Gasteiger charge is -2.28. The monoisotopic (exact) mass is 422 g/mol. The summed E-state index contributed by atoms with van der Waals surface area (Å²) in [5.41, 5.74) is 5.20. The van der Waals surface area contributed by atoms with Gasteiger partial charge in [0.1, 0.15) is 0 Å². The second-order valence-electron chi connectivity index (χ2n) is 8.26. The highest BCUT2D eigenvalue weighted by atomic mass is 32.2. The molecule has 2 atom stereocenters. The molecule has 1 fully saturated rings. The fraction of sp³-hybridized carbons (Fsp3) is 0.400. The number of nitrogens with zero attached hydrogens (tertiary/aromatic N) is 2. The van der Waals surface area contributed by atoms with E-state index in [1.54, 1.807) is 6.20 Å². The zero-order chi connectivity index (χ0) is 21.0. The Balaban J connectivity index is 1.42. The Labute approximate surface area is 183 Å². The molecule has 158 valence electrons. The maximum atomic E-state index is 6.57. The predicted octanol–water partition coefficient (Wildman–Crippen LogP) is 5.35. The maximum Gasteiger partial charge on any atom is 0.187 e. The summed E-state index contributed by atoms with van der Waals surface area (Å²) in [4.78, 5) is 5.51. The van der Waals surface area contributed by atoms with Gasteiger partial charge in [0.15, 0.2) is 5.79 Å². The van der Waals surface area contributed by atoms with Crippen molar-refractivity contribution in [2.24, 2.45) is 0 Å². The van der Waals surface area contributed by atoms with Gasteiger partial charge in [0.2, 0.25) is 0 Å². The Morgan fingerprint density at radius 3 is 2.67 bits per heavy atom. The van der Waals surface area contributed by atoms with Gasteiger partial charge in [-0.25, -0.2) is 4.98 Å². The van der Waals surface area contributed by atoms with Crippen molar-refractivity contribution in [2.45, 2.75) is 56.9 Å². The van der Waals surface area contributed by atoms with Crippen molar-refractivity contribution in [3.63, 3.8) is 0 Å². The van der Waals surface area contributed by atoms with Crippen molar-refractivity contribution in [1.29, 1.82) is 0 Å². The van der Waals surface area contributed by atoms with Gasteiger partial charge in [-0.05, 0) is 44.4 Å². The molecule has 0 N–H and O–H groups in total. The van der Waals surface area contributed by atoms with Crippen LogP contribution in [0.15, 0.2) is 66.1 Å². The van der Waals surface area contributed by atoms with Gasteiger partial charge in [-0.15, -0.1) is 11.8 Å². The zero-order valence-corrected chi connectivity index (χ0v) is 18.8. The molecule has 0 bridgehead atoms. The van der Waals surface area contributed by atoms with Crippen LogP contribution in [-0.4, -0.2) is 33.8 Å². The number of imidazole rings is 1. The summed E-state index contributed by atoms with van der Waals surface area (Å²) in [7, 11) is 0. The molecule has 2 heterocycles. The summed E-state index contributed by atoms with van der Waals surface area (Å²) in [6.07, 6.45) is 7.43. The van der Waals surface area contributed by atoms with E-state index < -0.39 is 5.79 Å². The van der Waals surface area contributed by atoms with Crippen LogP contribution in [-0.2, 0) is 22.4 Å². The van der Waals surface area contributed by atoms with Gasteiger partial charge >= 0.3 is 0 Å². The smallest absolute Gasteiger partial charge is 0.187 e. The van der Waals surface area contributed by atoms with E-state index >= 15 is 0 Å². The van der Waals surface area contributed by atoms with E-state index in [0.29, 0.717) is 13.2 Å². The number of thioether (sulfide) groups is 1. The Hall–Kier alpha value is -2.08. The van der Waals surface area contributed by atoms with E-state index in [9.17, 15) is 0 Å². The van der Waals surface area contributed by atoms with Crippen LogP contribution in [0.5, 0.6) is 0 Å². The molecule has 30 heavy (non-hydrogen) atoms. The summed E-state index contributed by atoms with van der Waals surface area (Å²) in [6, 6.07) is 15.3. The minimum atomic E-state index is -0.613. The molecule has 2 aromatic carbocycles. The van der Waals surface area contributed by atoms with E-state index in [-0.39, 0.29) is 6.10 Å². The van der Waals surface area contributed by atoms with E-state index in [2.05, 4.69) is 72.8 Å². The Morgan fingerprint density at radius 2 is 1.90 bits per heavy atom. The zero-order valence-electron chi connectivity index (χ0n) is 18.0. The van der Waals surface area contributed by atoms with Crippen LogP contribution in [0, 0.1) is 20.8 Å². The van der Waals surface area contributed by atoms with Crippen molar-refractivity contribution in [1.82, 2.24) is 9.55 Å². The third kappa shape index (κ3) is 5.34. The van der Waals surface area contributed by atoms with Crippen molar-refractivity contribution in [3.8, 4) is 0 Å². The molecule has 1 aliphatic rings. The minimum absolute atomic E-state index is 0.0800. The van der Waals surface area contributed by atoms with Crippen molar-refractivity contribution >= 4 is 11.8 Å². The molecule has 1 saturated heterocycles. The summed E-state index contributed by atoms with van der Waals surface area (Å²) in [5.74, 6) is 0.277. The Bertz CT molecular complexity index is 956. The van der Waals surface area contributed by atoms with Gasteiger partial charge < -0.3 is 14.0 Å².